The number of anilines is 1. The number of sulfonamides is 1. The van der Waals surface area contributed by atoms with Gasteiger partial charge in [-0.3, -0.25) is 4.79 Å². The van der Waals surface area contributed by atoms with E-state index in [0.717, 1.165) is 25.5 Å². The molecule has 1 aromatic rings. The molecule has 0 radical (unpaired) electrons. The van der Waals surface area contributed by atoms with Crippen molar-refractivity contribution in [1.82, 2.24) is 4.31 Å². The molecule has 1 amide bonds. The summed E-state index contributed by atoms with van der Waals surface area (Å²) in [5.74, 6) is 0.806. The van der Waals surface area contributed by atoms with Crippen LogP contribution in [0.15, 0.2) is 29.8 Å². The fourth-order valence-electron chi connectivity index (χ4n) is 3.10. The van der Waals surface area contributed by atoms with Gasteiger partial charge in [-0.05, 0) is 44.2 Å². The van der Waals surface area contributed by atoms with Crippen molar-refractivity contribution in [3.63, 3.8) is 0 Å². The molecule has 0 saturated carbocycles. The van der Waals surface area contributed by atoms with Gasteiger partial charge >= 0.3 is 0 Å². The van der Waals surface area contributed by atoms with Crippen molar-refractivity contribution in [3.8, 4) is 11.5 Å². The zero-order chi connectivity index (χ0) is 18.6. The van der Waals surface area contributed by atoms with Crippen LogP contribution in [-0.4, -0.2) is 44.8 Å². The normalized spacial score (nSPS) is 16.5. The van der Waals surface area contributed by atoms with Gasteiger partial charge in [0, 0.05) is 18.3 Å². The van der Waals surface area contributed by atoms with Crippen molar-refractivity contribution in [2.45, 2.75) is 32.1 Å². The molecule has 142 valence electrons. The molecule has 0 unspecified atom stereocenters. The molecule has 0 fully saturated rings. The van der Waals surface area contributed by atoms with Crippen LogP contribution in [0.1, 0.15) is 32.1 Å². The van der Waals surface area contributed by atoms with Crippen molar-refractivity contribution in [2.75, 3.05) is 31.5 Å². The quantitative estimate of drug-likeness (QED) is 0.735. The minimum Gasteiger partial charge on any atom is -0.454 e. The van der Waals surface area contributed by atoms with Crippen molar-refractivity contribution in [3.05, 3.63) is 29.8 Å². The summed E-state index contributed by atoms with van der Waals surface area (Å²) in [6.45, 7) is 0.268. The monoisotopic (exact) mass is 380 g/mol. The summed E-state index contributed by atoms with van der Waals surface area (Å²) < 4.78 is 35.8. The summed E-state index contributed by atoms with van der Waals surface area (Å²) in [6, 6.07) is 5.07. The maximum Gasteiger partial charge on any atom is 0.239 e. The molecule has 0 bridgehead atoms. The van der Waals surface area contributed by atoms with Gasteiger partial charge in [-0.1, -0.05) is 11.6 Å². The Kier molecular flexibility index (Phi) is 5.83. The van der Waals surface area contributed by atoms with E-state index < -0.39 is 10.0 Å². The lowest BCUT2D eigenvalue weighted by Gasteiger charge is -2.21. The standard InChI is InChI=1S/C18H24N2O5S/c1-26(22,23)20(10-9-14-5-3-2-4-6-14)12-18(21)19-15-7-8-16-17(11-15)25-13-24-16/h5,7-8,11H,2-4,6,9-10,12-13H2,1H3,(H,19,21). The number of carbonyl (C=O) groups excluding carboxylic acids is 1. The van der Waals surface area contributed by atoms with E-state index in [2.05, 4.69) is 11.4 Å². The summed E-state index contributed by atoms with van der Waals surface area (Å²) in [7, 11) is -3.46. The van der Waals surface area contributed by atoms with Crippen LogP contribution in [0, 0.1) is 0 Å². The van der Waals surface area contributed by atoms with E-state index in [9.17, 15) is 13.2 Å². The first kappa shape index (κ1) is 18.7. The Morgan fingerprint density at radius 3 is 2.77 bits per heavy atom. The average Bonchev–Trinajstić information content (AvgIpc) is 3.06. The number of amides is 1. The van der Waals surface area contributed by atoms with Gasteiger partial charge in [0.15, 0.2) is 11.5 Å². The highest BCUT2D eigenvalue weighted by molar-refractivity contribution is 7.88. The molecular weight excluding hydrogens is 356 g/mol. The molecule has 1 heterocycles. The van der Waals surface area contributed by atoms with Crippen molar-refractivity contribution in [1.29, 1.82) is 0 Å². The van der Waals surface area contributed by atoms with E-state index in [-0.39, 0.29) is 19.2 Å². The number of benzene rings is 1. The van der Waals surface area contributed by atoms with Crippen LogP contribution in [0.2, 0.25) is 0 Å². The summed E-state index contributed by atoms with van der Waals surface area (Å²) in [5, 5.41) is 2.72. The second kappa shape index (κ2) is 8.09. The number of hydrogen-bond donors (Lipinski definition) is 1. The summed E-state index contributed by atoms with van der Waals surface area (Å²) in [4.78, 5) is 12.3. The highest BCUT2D eigenvalue weighted by Crippen LogP contribution is 2.34. The average molecular weight is 380 g/mol. The number of carbonyl (C=O) groups is 1. The number of fused-ring (bicyclic) bond motifs is 1. The first-order valence-electron chi connectivity index (χ1n) is 8.74. The number of nitrogens with one attached hydrogen (secondary N) is 1. The molecular formula is C18H24N2O5S. The highest BCUT2D eigenvalue weighted by Gasteiger charge is 2.21. The van der Waals surface area contributed by atoms with Crippen LogP contribution in [0.25, 0.3) is 0 Å². The third-order valence-electron chi connectivity index (χ3n) is 4.51. The Balaban J connectivity index is 1.59. The number of rotatable bonds is 7. The van der Waals surface area contributed by atoms with E-state index in [1.54, 1.807) is 18.2 Å². The Morgan fingerprint density at radius 1 is 1.23 bits per heavy atom. The molecule has 3 rings (SSSR count). The molecule has 7 nitrogen and oxygen atoms in total. The van der Waals surface area contributed by atoms with Crippen molar-refractivity contribution in [2.24, 2.45) is 0 Å². The number of allylic oxidation sites excluding steroid dienone is 1. The van der Waals surface area contributed by atoms with Crippen molar-refractivity contribution < 1.29 is 22.7 Å². The zero-order valence-corrected chi connectivity index (χ0v) is 15.7. The van der Waals surface area contributed by atoms with Gasteiger partial charge in [0.1, 0.15) is 0 Å². The number of hydrogen-bond acceptors (Lipinski definition) is 5. The molecule has 1 aliphatic heterocycles. The van der Waals surface area contributed by atoms with Crippen molar-refractivity contribution >= 4 is 21.6 Å². The summed E-state index contributed by atoms with van der Waals surface area (Å²) in [5.41, 5.74) is 1.82. The highest BCUT2D eigenvalue weighted by atomic mass is 32.2. The number of ether oxygens (including phenoxy) is 2. The van der Waals surface area contributed by atoms with Gasteiger partial charge in [-0.25, -0.2) is 8.42 Å². The molecule has 0 spiro atoms. The van der Waals surface area contributed by atoms with Gasteiger partial charge < -0.3 is 14.8 Å². The maximum absolute atomic E-state index is 12.3. The molecule has 8 heteroatoms. The van der Waals surface area contributed by atoms with E-state index in [0.29, 0.717) is 30.2 Å². The lowest BCUT2D eigenvalue weighted by atomic mass is 9.97. The van der Waals surface area contributed by atoms with Crippen LogP contribution in [0.4, 0.5) is 5.69 Å². The number of nitrogens with zero attached hydrogens (tertiary/aromatic N) is 1. The molecule has 0 aromatic heterocycles. The van der Waals surface area contributed by atoms with Gasteiger partial charge in [-0.15, -0.1) is 0 Å². The van der Waals surface area contributed by atoms with E-state index >= 15 is 0 Å². The Bertz CT molecular complexity index is 804. The van der Waals surface area contributed by atoms with Crippen LogP contribution in [0.5, 0.6) is 11.5 Å². The lowest BCUT2D eigenvalue weighted by Crippen LogP contribution is -2.38. The van der Waals surface area contributed by atoms with Gasteiger partial charge in [0.25, 0.3) is 0 Å². The molecule has 0 saturated heterocycles. The SMILES string of the molecule is CS(=O)(=O)N(CCC1=CCCCC1)CC(=O)Nc1ccc2c(c1)OCO2. The van der Waals surface area contributed by atoms with E-state index in [4.69, 9.17) is 9.47 Å². The Morgan fingerprint density at radius 2 is 2.04 bits per heavy atom. The largest absolute Gasteiger partial charge is 0.454 e. The summed E-state index contributed by atoms with van der Waals surface area (Å²) in [6.07, 6.45) is 8.41. The van der Waals surface area contributed by atoms with Crippen LogP contribution < -0.4 is 14.8 Å². The summed E-state index contributed by atoms with van der Waals surface area (Å²) >= 11 is 0. The Labute approximate surface area is 154 Å². The minimum absolute atomic E-state index is 0.157. The molecule has 1 aliphatic carbocycles. The molecule has 1 N–H and O–H groups in total. The fourth-order valence-corrected chi connectivity index (χ4v) is 3.87. The zero-order valence-electron chi connectivity index (χ0n) is 14.9. The third-order valence-corrected chi connectivity index (χ3v) is 5.76. The third kappa shape index (κ3) is 4.98. The van der Waals surface area contributed by atoms with Crippen LogP contribution in [-0.2, 0) is 14.8 Å². The predicted octanol–water partition coefficient (Wildman–Crippen LogP) is 2.51. The molecule has 26 heavy (non-hydrogen) atoms. The van der Waals surface area contributed by atoms with E-state index in [1.165, 1.54) is 16.3 Å². The first-order valence-corrected chi connectivity index (χ1v) is 10.6. The topological polar surface area (TPSA) is 84.9 Å². The first-order chi connectivity index (χ1) is 12.4. The maximum atomic E-state index is 12.3. The lowest BCUT2D eigenvalue weighted by molar-refractivity contribution is -0.116. The fraction of sp³-hybridized carbons (Fsp3) is 0.500. The molecule has 1 aromatic carbocycles. The van der Waals surface area contributed by atoms with E-state index in [1.807, 2.05) is 0 Å². The van der Waals surface area contributed by atoms with Gasteiger partial charge in [-0.2, -0.15) is 4.31 Å². The van der Waals surface area contributed by atoms with Crippen LogP contribution in [0.3, 0.4) is 0 Å². The second-order valence-corrected chi connectivity index (χ2v) is 8.55. The second-order valence-electron chi connectivity index (χ2n) is 6.57. The smallest absolute Gasteiger partial charge is 0.239 e. The molecule has 2 aliphatic rings. The predicted molar refractivity (Wildman–Crippen MR) is 98.8 cm³/mol. The minimum atomic E-state index is -3.46. The van der Waals surface area contributed by atoms with Crippen LogP contribution >= 0.6 is 0 Å². The molecule has 0 atom stereocenters. The Hall–Kier alpha value is -2.06. The van der Waals surface area contributed by atoms with Gasteiger partial charge in [0.05, 0.1) is 12.8 Å². The van der Waals surface area contributed by atoms with Gasteiger partial charge in [0.2, 0.25) is 22.7 Å².